The maximum atomic E-state index is 14.3. The zero-order valence-corrected chi connectivity index (χ0v) is 24.1. The molecule has 3 heterocycles. The Kier molecular flexibility index (Phi) is 6.39. The Labute approximate surface area is 254 Å². The van der Waals surface area contributed by atoms with Crippen LogP contribution >= 0.6 is 22.6 Å². The average Bonchev–Trinajstić information content (AvgIpc) is 3.47. The Bertz CT molecular complexity index is 1720. The number of anilines is 1. The molecule has 6 atom stereocenters. The van der Waals surface area contributed by atoms with Gasteiger partial charge in [-0.05, 0) is 75.2 Å². The van der Waals surface area contributed by atoms with Gasteiger partial charge < -0.3 is 15.2 Å². The smallest absolute Gasteiger partial charge is 0.325 e. The molecule has 0 aromatic heterocycles. The molecule has 2 fully saturated rings. The molecule has 0 saturated carbocycles. The van der Waals surface area contributed by atoms with Crippen LogP contribution < -0.4 is 5.32 Å². The number of halogens is 2. The Balaban J connectivity index is 1.57. The predicted molar refractivity (Wildman–Crippen MR) is 160 cm³/mol. The molecule has 0 radical (unpaired) electrons. The third-order valence-electron chi connectivity index (χ3n) is 8.72. The summed E-state index contributed by atoms with van der Waals surface area (Å²) in [6.45, 7) is 0. The summed E-state index contributed by atoms with van der Waals surface area (Å²) in [5.41, 5.74) is 1.31. The number of esters is 1. The van der Waals surface area contributed by atoms with Gasteiger partial charge >= 0.3 is 11.9 Å². The number of ether oxygens (including phenoxy) is 1. The van der Waals surface area contributed by atoms with E-state index in [2.05, 4.69) is 27.9 Å². The largest absolute Gasteiger partial charge is 0.481 e. The molecule has 0 aliphatic carbocycles. The van der Waals surface area contributed by atoms with Gasteiger partial charge in [0.05, 0.1) is 12.1 Å². The van der Waals surface area contributed by atoms with Crippen LogP contribution in [0, 0.1) is 15.3 Å². The highest BCUT2D eigenvalue weighted by atomic mass is 127. The van der Waals surface area contributed by atoms with Gasteiger partial charge in [0.15, 0.2) is 0 Å². The summed E-state index contributed by atoms with van der Waals surface area (Å²) < 4.78 is 21.2. The lowest BCUT2D eigenvalue weighted by atomic mass is 9.65. The number of hydrogen-bond acceptors (Lipinski definition) is 5. The van der Waals surface area contributed by atoms with Gasteiger partial charge in [-0.2, -0.15) is 0 Å². The van der Waals surface area contributed by atoms with E-state index in [0.29, 0.717) is 16.8 Å². The predicted octanol–water partition coefficient (Wildman–Crippen LogP) is 5.79. The summed E-state index contributed by atoms with van der Waals surface area (Å²) in [5, 5.41) is 13.8. The van der Waals surface area contributed by atoms with Gasteiger partial charge in [-0.15, -0.1) is 0 Å². The normalized spacial score (nSPS) is 28.2. The first-order valence-corrected chi connectivity index (χ1v) is 14.6. The van der Waals surface area contributed by atoms with Gasteiger partial charge in [0, 0.05) is 9.26 Å². The van der Waals surface area contributed by atoms with Crippen molar-refractivity contribution in [2.75, 3.05) is 5.32 Å². The summed E-state index contributed by atoms with van der Waals surface area (Å²) in [5.74, 6) is -4.51. The summed E-state index contributed by atoms with van der Waals surface area (Å²) in [6, 6.07) is 26.9. The molecule has 3 aliphatic rings. The molecule has 210 valence electrons. The minimum absolute atomic E-state index is 0.470. The van der Waals surface area contributed by atoms with E-state index < -0.39 is 59.2 Å². The van der Waals surface area contributed by atoms with Crippen LogP contribution in [0.4, 0.5) is 10.1 Å². The molecule has 0 bridgehead atoms. The molecular formula is C33H24FIN2O5. The van der Waals surface area contributed by atoms with E-state index >= 15 is 0 Å². The van der Waals surface area contributed by atoms with Crippen molar-refractivity contribution in [3.8, 4) is 0 Å². The molecule has 9 heteroatoms. The topological polar surface area (TPSA) is 95.9 Å². The van der Waals surface area contributed by atoms with Gasteiger partial charge in [-0.25, -0.2) is 4.39 Å². The van der Waals surface area contributed by atoms with E-state index in [1.54, 1.807) is 24.3 Å². The quantitative estimate of drug-likeness (QED) is 0.211. The van der Waals surface area contributed by atoms with E-state index in [0.717, 1.165) is 14.7 Å². The number of morpholine rings is 1. The highest BCUT2D eigenvalue weighted by molar-refractivity contribution is 14.1. The molecule has 7 nitrogen and oxygen atoms in total. The van der Waals surface area contributed by atoms with Crippen molar-refractivity contribution in [3.05, 3.63) is 135 Å². The molecule has 1 amide bonds. The van der Waals surface area contributed by atoms with Crippen LogP contribution in [-0.2, 0) is 24.5 Å². The van der Waals surface area contributed by atoms with Gasteiger partial charge in [0.25, 0.3) is 0 Å². The lowest BCUT2D eigenvalue weighted by Gasteiger charge is -2.46. The summed E-state index contributed by atoms with van der Waals surface area (Å²) >= 11 is 2.13. The number of carboxylic acids is 1. The number of carbonyl (C=O) groups excluding carboxylic acids is 2. The first-order valence-electron chi connectivity index (χ1n) is 13.5. The number of nitrogens with one attached hydrogen (secondary N) is 1. The van der Waals surface area contributed by atoms with Crippen molar-refractivity contribution in [1.29, 1.82) is 0 Å². The number of aliphatic carboxylic acids is 1. The molecule has 4 aromatic carbocycles. The maximum absolute atomic E-state index is 14.3. The van der Waals surface area contributed by atoms with Crippen molar-refractivity contribution < 1.29 is 28.6 Å². The molecule has 1 spiro atoms. The Morgan fingerprint density at radius 2 is 1.50 bits per heavy atom. The molecule has 0 unspecified atom stereocenters. The van der Waals surface area contributed by atoms with Gasteiger partial charge in [0.1, 0.15) is 29.3 Å². The number of nitrogens with zero attached hydrogens (tertiary/aromatic N) is 1. The van der Waals surface area contributed by atoms with E-state index in [1.165, 1.54) is 12.1 Å². The highest BCUT2D eigenvalue weighted by Gasteiger charge is 2.74. The van der Waals surface area contributed by atoms with Crippen LogP contribution in [0.1, 0.15) is 40.4 Å². The fourth-order valence-electron chi connectivity index (χ4n) is 7.19. The third kappa shape index (κ3) is 3.83. The number of carboxylic acid groups (broad SMARTS) is 1. The summed E-state index contributed by atoms with van der Waals surface area (Å²) in [4.78, 5) is 43.6. The highest BCUT2D eigenvalue weighted by Crippen LogP contribution is 2.64. The maximum Gasteiger partial charge on any atom is 0.325 e. The first-order chi connectivity index (χ1) is 20.3. The standard InChI is InChI=1S/C33H24FIN2O5/c34-21-13-11-20(12-14-21)29-33(23-17-22(35)15-16-24(23)36-32(33)41)25(30(38)39)27-31(40)42-28(19-9-5-2-6-10-19)26(37(27)29)18-7-3-1-4-8-18/h1-17,25-29H,(H,36,41)(H,38,39)/t25-,26-,27-,28+,29+,33-/m0/s1. The Morgan fingerprint density at radius 1 is 0.857 bits per heavy atom. The number of fused-ring (bicyclic) bond motifs is 3. The van der Waals surface area contributed by atoms with Gasteiger partial charge in [-0.3, -0.25) is 19.3 Å². The Hall–Kier alpha value is -4.09. The number of amides is 1. The molecule has 2 N–H and O–H groups in total. The molecule has 7 rings (SSSR count). The summed E-state index contributed by atoms with van der Waals surface area (Å²) in [7, 11) is 0. The molecular weight excluding hydrogens is 650 g/mol. The van der Waals surface area contributed by atoms with Crippen molar-refractivity contribution >= 4 is 46.1 Å². The second kappa shape index (κ2) is 10.0. The van der Waals surface area contributed by atoms with Crippen molar-refractivity contribution in [2.45, 2.75) is 29.6 Å². The number of hydrogen-bond donors (Lipinski definition) is 2. The number of rotatable bonds is 4. The van der Waals surface area contributed by atoms with Crippen molar-refractivity contribution in [2.24, 2.45) is 5.92 Å². The fraction of sp³-hybridized carbons (Fsp3) is 0.182. The fourth-order valence-corrected chi connectivity index (χ4v) is 7.68. The van der Waals surface area contributed by atoms with Crippen LogP contribution in [0.15, 0.2) is 103 Å². The number of benzene rings is 4. The van der Waals surface area contributed by atoms with E-state index in [4.69, 9.17) is 4.74 Å². The monoisotopic (exact) mass is 674 g/mol. The van der Waals surface area contributed by atoms with Gasteiger partial charge in [-0.1, -0.05) is 72.8 Å². The third-order valence-corrected chi connectivity index (χ3v) is 9.39. The Morgan fingerprint density at radius 3 is 2.14 bits per heavy atom. The van der Waals surface area contributed by atoms with Crippen LogP contribution in [0.3, 0.4) is 0 Å². The zero-order valence-electron chi connectivity index (χ0n) is 22.0. The molecule has 42 heavy (non-hydrogen) atoms. The minimum atomic E-state index is -1.72. The van der Waals surface area contributed by atoms with E-state index in [-0.39, 0.29) is 0 Å². The van der Waals surface area contributed by atoms with Crippen LogP contribution in [0.2, 0.25) is 0 Å². The average molecular weight is 674 g/mol. The van der Waals surface area contributed by atoms with Crippen LogP contribution in [0.25, 0.3) is 0 Å². The lowest BCUT2D eigenvalue weighted by molar-refractivity contribution is -0.179. The number of cyclic esters (lactones) is 1. The second-order valence-corrected chi connectivity index (χ2v) is 12.0. The molecule has 2 saturated heterocycles. The second-order valence-electron chi connectivity index (χ2n) is 10.8. The van der Waals surface area contributed by atoms with E-state index in [1.807, 2.05) is 71.6 Å². The lowest BCUT2D eigenvalue weighted by Crippen LogP contribution is -2.52. The first kappa shape index (κ1) is 26.8. The van der Waals surface area contributed by atoms with Crippen molar-refractivity contribution in [1.82, 2.24) is 4.90 Å². The molecule has 3 aliphatic heterocycles. The van der Waals surface area contributed by atoms with E-state index in [9.17, 15) is 23.9 Å². The van der Waals surface area contributed by atoms with Crippen LogP contribution in [-0.4, -0.2) is 33.9 Å². The minimum Gasteiger partial charge on any atom is -0.481 e. The molecule has 4 aromatic rings. The van der Waals surface area contributed by atoms with Crippen LogP contribution in [0.5, 0.6) is 0 Å². The van der Waals surface area contributed by atoms with Crippen molar-refractivity contribution in [3.63, 3.8) is 0 Å². The zero-order chi connectivity index (χ0) is 29.2. The number of carbonyl (C=O) groups is 3. The SMILES string of the molecule is O=C1O[C@H](c2ccccc2)[C@H](c2ccccc2)N2[C@H]1[C@@H](C(=O)O)[C@]1(C(=O)Nc3ccc(I)cc31)[C@H]2c1ccc(F)cc1. The summed E-state index contributed by atoms with van der Waals surface area (Å²) in [6.07, 6.45) is -0.801. The van der Waals surface area contributed by atoms with Gasteiger partial charge in [0.2, 0.25) is 5.91 Å².